The van der Waals surface area contributed by atoms with Gasteiger partial charge in [-0.05, 0) is 6.42 Å². The second-order valence-corrected chi connectivity index (χ2v) is 2.93. The van der Waals surface area contributed by atoms with E-state index in [0.717, 1.165) is 19.3 Å². The number of aliphatic hydroxyl groups excluding tert-OH is 2. The first-order chi connectivity index (χ1) is 5.68. The third-order valence-electron chi connectivity index (χ3n) is 1.78. The summed E-state index contributed by atoms with van der Waals surface area (Å²) in [4.78, 5) is 0. The number of hydrogen-bond acceptors (Lipinski definition) is 3. The smallest absolute Gasteiger partial charge is 0.313 e. The lowest BCUT2D eigenvalue weighted by Crippen LogP contribution is -1.89. The van der Waals surface area contributed by atoms with Crippen molar-refractivity contribution >= 4 is 0 Å². The van der Waals surface area contributed by atoms with E-state index in [-0.39, 0.29) is 5.76 Å². The van der Waals surface area contributed by atoms with Crippen molar-refractivity contribution in [2.75, 3.05) is 0 Å². The van der Waals surface area contributed by atoms with Crippen molar-refractivity contribution in [1.29, 1.82) is 0 Å². The van der Waals surface area contributed by atoms with Gasteiger partial charge in [-0.1, -0.05) is 32.6 Å². The van der Waals surface area contributed by atoms with Gasteiger partial charge in [0.25, 0.3) is 0 Å². The van der Waals surface area contributed by atoms with Crippen molar-refractivity contribution < 1.29 is 15.3 Å². The number of aliphatic hydroxyl groups is 3. The van der Waals surface area contributed by atoms with Gasteiger partial charge >= 0.3 is 5.95 Å². The zero-order valence-electron chi connectivity index (χ0n) is 7.58. The number of allylic oxidation sites excluding steroid dienone is 1. The lowest BCUT2D eigenvalue weighted by atomic mass is 10.1. The molecule has 0 radical (unpaired) electrons. The van der Waals surface area contributed by atoms with Crippen LogP contribution >= 0.6 is 0 Å². The van der Waals surface area contributed by atoms with Gasteiger partial charge in [-0.2, -0.15) is 0 Å². The van der Waals surface area contributed by atoms with Crippen LogP contribution in [-0.4, -0.2) is 15.3 Å². The van der Waals surface area contributed by atoms with Crippen molar-refractivity contribution in [2.24, 2.45) is 0 Å². The number of unbranched alkanes of at least 4 members (excludes halogenated alkanes) is 4. The zero-order valence-corrected chi connectivity index (χ0v) is 7.58. The second kappa shape index (κ2) is 6.83. The van der Waals surface area contributed by atoms with E-state index >= 15 is 0 Å². The Balaban J connectivity index is 3.26. The lowest BCUT2D eigenvalue weighted by molar-refractivity contribution is 0.153. The highest BCUT2D eigenvalue weighted by atomic mass is 16.5. The molecule has 0 amide bonds. The molecule has 3 nitrogen and oxygen atoms in total. The minimum absolute atomic E-state index is 0.300. The van der Waals surface area contributed by atoms with Crippen molar-refractivity contribution in [3.05, 3.63) is 11.7 Å². The van der Waals surface area contributed by atoms with Crippen LogP contribution in [0.1, 0.15) is 45.4 Å². The molecule has 0 aromatic heterocycles. The van der Waals surface area contributed by atoms with Gasteiger partial charge in [-0.25, -0.2) is 0 Å². The summed E-state index contributed by atoms with van der Waals surface area (Å²) < 4.78 is 0. The van der Waals surface area contributed by atoms with Crippen molar-refractivity contribution in [2.45, 2.75) is 45.4 Å². The lowest BCUT2D eigenvalue weighted by Gasteiger charge is -1.99. The standard InChI is InChI=1S/C9H18O3/c1-2-3-4-5-6-7-8(10)9(11)12/h10-12H,2-7H2,1H3. The third-order valence-corrected chi connectivity index (χ3v) is 1.78. The molecule has 0 bridgehead atoms. The molecule has 0 heterocycles. The van der Waals surface area contributed by atoms with E-state index in [2.05, 4.69) is 6.92 Å². The molecule has 0 atom stereocenters. The van der Waals surface area contributed by atoms with Crippen LogP contribution in [0.3, 0.4) is 0 Å². The van der Waals surface area contributed by atoms with Gasteiger partial charge in [0, 0.05) is 6.42 Å². The Hall–Kier alpha value is -0.860. The first kappa shape index (κ1) is 11.1. The second-order valence-electron chi connectivity index (χ2n) is 2.93. The molecule has 0 saturated heterocycles. The Bertz CT molecular complexity index is 137. The monoisotopic (exact) mass is 174 g/mol. The number of hydrogen-bond donors (Lipinski definition) is 3. The van der Waals surface area contributed by atoms with Crippen molar-refractivity contribution in [3.63, 3.8) is 0 Å². The van der Waals surface area contributed by atoms with Gasteiger partial charge in [-0.15, -0.1) is 0 Å². The highest BCUT2D eigenvalue weighted by Crippen LogP contribution is 2.09. The molecule has 72 valence electrons. The van der Waals surface area contributed by atoms with Gasteiger partial charge in [0.1, 0.15) is 0 Å². The van der Waals surface area contributed by atoms with Crippen molar-refractivity contribution in [3.8, 4) is 0 Å². The van der Waals surface area contributed by atoms with Crippen LogP contribution in [0.4, 0.5) is 0 Å². The molecule has 3 heteroatoms. The molecule has 0 spiro atoms. The Morgan fingerprint density at radius 1 is 0.917 bits per heavy atom. The summed E-state index contributed by atoms with van der Waals surface area (Å²) in [6.45, 7) is 2.14. The SMILES string of the molecule is CCCCCCCC(O)=C(O)O. The van der Waals surface area contributed by atoms with E-state index in [4.69, 9.17) is 15.3 Å². The first-order valence-corrected chi connectivity index (χ1v) is 4.48. The van der Waals surface area contributed by atoms with E-state index < -0.39 is 5.95 Å². The van der Waals surface area contributed by atoms with Gasteiger partial charge in [0.2, 0.25) is 0 Å². The first-order valence-electron chi connectivity index (χ1n) is 4.48. The molecule has 0 fully saturated rings. The van der Waals surface area contributed by atoms with E-state index in [1.807, 2.05) is 0 Å². The zero-order chi connectivity index (χ0) is 9.40. The maximum Gasteiger partial charge on any atom is 0.313 e. The third kappa shape index (κ3) is 5.89. The summed E-state index contributed by atoms with van der Waals surface area (Å²) in [6.07, 6.45) is 5.76. The van der Waals surface area contributed by atoms with Gasteiger partial charge in [0.05, 0.1) is 0 Å². The summed E-state index contributed by atoms with van der Waals surface area (Å²) in [6, 6.07) is 0. The minimum Gasteiger partial charge on any atom is -0.506 e. The van der Waals surface area contributed by atoms with Crippen LogP contribution in [0.5, 0.6) is 0 Å². The average Bonchev–Trinajstić information content (AvgIpc) is 2.03. The summed E-state index contributed by atoms with van der Waals surface area (Å²) in [7, 11) is 0. The predicted molar refractivity (Wildman–Crippen MR) is 48.3 cm³/mol. The molecule has 0 aromatic rings. The Kier molecular flexibility index (Phi) is 6.34. The summed E-state index contributed by atoms with van der Waals surface area (Å²) in [5.74, 6) is -1.24. The number of rotatable bonds is 6. The molecule has 0 unspecified atom stereocenters. The molecular weight excluding hydrogens is 156 g/mol. The van der Waals surface area contributed by atoms with Gasteiger partial charge in [-0.3, -0.25) is 0 Å². The minimum atomic E-state index is -0.939. The van der Waals surface area contributed by atoms with Crippen molar-refractivity contribution in [1.82, 2.24) is 0 Å². The maximum absolute atomic E-state index is 8.86. The fourth-order valence-electron chi connectivity index (χ4n) is 1.01. The summed E-state index contributed by atoms with van der Waals surface area (Å²) in [5.41, 5.74) is 0. The fraction of sp³-hybridized carbons (Fsp3) is 0.778. The Labute approximate surface area is 73.4 Å². The average molecular weight is 174 g/mol. The van der Waals surface area contributed by atoms with Crippen LogP contribution in [0.2, 0.25) is 0 Å². The van der Waals surface area contributed by atoms with Crippen LogP contribution in [0.25, 0.3) is 0 Å². The summed E-state index contributed by atoms with van der Waals surface area (Å²) in [5, 5.41) is 25.7. The quantitative estimate of drug-likeness (QED) is 0.428. The van der Waals surface area contributed by atoms with Gasteiger partial charge < -0.3 is 15.3 Å². The molecule has 0 rings (SSSR count). The van der Waals surface area contributed by atoms with E-state index in [1.165, 1.54) is 12.8 Å². The Morgan fingerprint density at radius 3 is 2.00 bits per heavy atom. The molecular formula is C9H18O3. The van der Waals surface area contributed by atoms with Crippen LogP contribution in [-0.2, 0) is 0 Å². The molecule has 0 aromatic carbocycles. The topological polar surface area (TPSA) is 60.7 Å². The predicted octanol–water partition coefficient (Wildman–Crippen LogP) is 3.19. The molecule has 0 aliphatic heterocycles. The van der Waals surface area contributed by atoms with E-state index in [1.54, 1.807) is 0 Å². The summed E-state index contributed by atoms with van der Waals surface area (Å²) >= 11 is 0. The highest BCUT2D eigenvalue weighted by molar-refractivity contribution is 4.88. The van der Waals surface area contributed by atoms with Crippen LogP contribution in [0, 0.1) is 0 Å². The molecule has 3 N–H and O–H groups in total. The molecule has 0 aliphatic carbocycles. The van der Waals surface area contributed by atoms with E-state index in [9.17, 15) is 0 Å². The van der Waals surface area contributed by atoms with Crippen LogP contribution in [0.15, 0.2) is 11.7 Å². The molecule has 12 heavy (non-hydrogen) atoms. The van der Waals surface area contributed by atoms with Crippen LogP contribution < -0.4 is 0 Å². The highest BCUT2D eigenvalue weighted by Gasteiger charge is 2.00. The Morgan fingerprint density at radius 2 is 1.50 bits per heavy atom. The molecule has 0 aliphatic rings. The molecule has 0 saturated carbocycles. The van der Waals surface area contributed by atoms with E-state index in [0.29, 0.717) is 6.42 Å². The van der Waals surface area contributed by atoms with Gasteiger partial charge in [0.15, 0.2) is 5.76 Å². The maximum atomic E-state index is 8.86. The normalized spacial score (nSPS) is 9.75. The largest absolute Gasteiger partial charge is 0.506 e. The fourth-order valence-corrected chi connectivity index (χ4v) is 1.01.